The lowest BCUT2D eigenvalue weighted by molar-refractivity contribution is -0.120. The normalized spacial score (nSPS) is 19.9. The molecular formula is C10H15N5O. The van der Waals surface area contributed by atoms with Crippen molar-refractivity contribution >= 4 is 11.9 Å². The van der Waals surface area contributed by atoms with Crippen LogP contribution in [0.5, 0.6) is 0 Å². The second kappa shape index (κ2) is 3.96. The molecule has 2 rings (SSSR count). The Hall–Kier alpha value is -1.85. The minimum absolute atomic E-state index is 0.119. The van der Waals surface area contributed by atoms with Gasteiger partial charge in [0.05, 0.1) is 18.2 Å². The topological polar surface area (TPSA) is 71.3 Å². The highest BCUT2D eigenvalue weighted by atomic mass is 16.2. The highest BCUT2D eigenvalue weighted by Gasteiger charge is 2.29. The van der Waals surface area contributed by atoms with Crippen LogP contribution in [0.1, 0.15) is 25.6 Å². The van der Waals surface area contributed by atoms with Crippen LogP contribution < -0.4 is 10.6 Å². The predicted octanol–water partition coefficient (Wildman–Crippen LogP) is -0.0550. The Morgan fingerprint density at radius 2 is 2.31 bits per heavy atom. The molecule has 1 unspecified atom stereocenters. The summed E-state index contributed by atoms with van der Waals surface area (Å²) < 4.78 is 1.80. The molecule has 0 fully saturated rings. The van der Waals surface area contributed by atoms with Gasteiger partial charge in [-0.2, -0.15) is 0 Å². The first kappa shape index (κ1) is 10.7. The molecule has 6 heteroatoms. The minimum atomic E-state index is -0.492. The first-order chi connectivity index (χ1) is 7.58. The molecule has 0 saturated carbocycles. The largest absolute Gasteiger partial charge is 0.354 e. The van der Waals surface area contributed by atoms with E-state index >= 15 is 0 Å². The van der Waals surface area contributed by atoms with Gasteiger partial charge in [0.25, 0.3) is 5.91 Å². The summed E-state index contributed by atoms with van der Waals surface area (Å²) in [5.41, 5.74) is 0.790. The van der Waals surface area contributed by atoms with Gasteiger partial charge in [-0.05, 0) is 13.8 Å². The van der Waals surface area contributed by atoms with Crippen molar-refractivity contribution in [3.8, 4) is 0 Å². The Morgan fingerprint density at radius 3 is 2.88 bits per heavy atom. The molecule has 1 aromatic heterocycles. The molecule has 1 atom stereocenters. The number of hydrogen-bond acceptors (Lipinski definition) is 4. The van der Waals surface area contributed by atoms with Gasteiger partial charge < -0.3 is 9.88 Å². The highest BCUT2D eigenvalue weighted by molar-refractivity contribution is 6.05. The molecule has 1 aliphatic heterocycles. The van der Waals surface area contributed by atoms with Crippen LogP contribution in [0.4, 0.5) is 0 Å². The summed E-state index contributed by atoms with van der Waals surface area (Å²) in [4.78, 5) is 20.0. The average Bonchev–Trinajstić information content (AvgIpc) is 2.71. The maximum atomic E-state index is 11.7. The third kappa shape index (κ3) is 1.91. The zero-order chi connectivity index (χ0) is 11.7. The van der Waals surface area contributed by atoms with Gasteiger partial charge in [-0.15, -0.1) is 0 Å². The Kier molecular flexibility index (Phi) is 2.64. The molecule has 1 aliphatic rings. The van der Waals surface area contributed by atoms with E-state index in [0.717, 1.165) is 5.69 Å². The van der Waals surface area contributed by atoms with Gasteiger partial charge >= 0.3 is 0 Å². The zero-order valence-electron chi connectivity index (χ0n) is 9.56. The Labute approximate surface area is 93.8 Å². The fraction of sp³-hybridized carbons (Fsp3) is 0.500. The van der Waals surface area contributed by atoms with Crippen molar-refractivity contribution in [3.05, 3.63) is 18.2 Å². The number of aromatic nitrogens is 2. The number of nitrogens with one attached hydrogen (secondary N) is 2. The molecule has 6 nitrogen and oxygen atoms in total. The maximum Gasteiger partial charge on any atom is 0.257 e. The van der Waals surface area contributed by atoms with Crippen LogP contribution in [-0.2, 0) is 11.8 Å². The predicted molar refractivity (Wildman–Crippen MR) is 59.8 cm³/mol. The summed E-state index contributed by atoms with van der Waals surface area (Å²) in [5.74, 6) is 0.415. The summed E-state index contributed by atoms with van der Waals surface area (Å²) in [6.45, 7) is 3.98. The van der Waals surface area contributed by atoms with Gasteiger partial charge in [-0.3, -0.25) is 10.1 Å². The Balaban J connectivity index is 2.20. The number of amides is 1. The van der Waals surface area contributed by atoms with E-state index in [2.05, 4.69) is 20.6 Å². The molecule has 0 aliphatic carbocycles. The second-order valence-corrected chi connectivity index (χ2v) is 4.10. The smallest absolute Gasteiger partial charge is 0.257 e. The highest BCUT2D eigenvalue weighted by Crippen LogP contribution is 2.19. The van der Waals surface area contributed by atoms with Gasteiger partial charge in [0.2, 0.25) is 0 Å². The van der Waals surface area contributed by atoms with Crippen molar-refractivity contribution in [2.45, 2.75) is 25.9 Å². The first-order valence-electron chi connectivity index (χ1n) is 5.19. The lowest BCUT2D eigenvalue weighted by atomic mass is 10.2. The van der Waals surface area contributed by atoms with Crippen LogP contribution in [0.25, 0.3) is 0 Å². The lowest BCUT2D eigenvalue weighted by Gasteiger charge is -2.07. The molecule has 86 valence electrons. The molecule has 16 heavy (non-hydrogen) atoms. The van der Waals surface area contributed by atoms with E-state index in [0.29, 0.717) is 5.96 Å². The first-order valence-corrected chi connectivity index (χ1v) is 5.19. The summed E-state index contributed by atoms with van der Waals surface area (Å²) in [6, 6.07) is -0.252. The summed E-state index contributed by atoms with van der Waals surface area (Å²) >= 11 is 0. The van der Waals surface area contributed by atoms with Gasteiger partial charge in [0.15, 0.2) is 12.0 Å². The number of aliphatic imine (C=N–C) groups is 1. The minimum Gasteiger partial charge on any atom is -0.354 e. The molecule has 2 heterocycles. The number of aryl methyl sites for hydroxylation is 1. The molecule has 0 radical (unpaired) electrons. The van der Waals surface area contributed by atoms with E-state index in [4.69, 9.17) is 0 Å². The molecule has 0 spiro atoms. The summed E-state index contributed by atoms with van der Waals surface area (Å²) in [5, 5.41) is 5.78. The fourth-order valence-corrected chi connectivity index (χ4v) is 1.58. The van der Waals surface area contributed by atoms with E-state index in [1.54, 1.807) is 17.1 Å². The molecule has 2 N–H and O–H groups in total. The van der Waals surface area contributed by atoms with Gasteiger partial charge in [0, 0.05) is 13.1 Å². The molecule has 1 amide bonds. The van der Waals surface area contributed by atoms with Crippen LogP contribution in [0.3, 0.4) is 0 Å². The van der Waals surface area contributed by atoms with Crippen LogP contribution in [0.2, 0.25) is 0 Å². The third-order valence-electron chi connectivity index (χ3n) is 2.31. The number of imidazole rings is 1. The average molecular weight is 221 g/mol. The number of nitrogens with zero attached hydrogens (tertiary/aromatic N) is 3. The van der Waals surface area contributed by atoms with Gasteiger partial charge in [-0.1, -0.05) is 0 Å². The number of carbonyl (C=O) groups excluding carboxylic acids is 1. The molecule has 0 aromatic carbocycles. The van der Waals surface area contributed by atoms with Crippen molar-refractivity contribution in [2.75, 3.05) is 0 Å². The maximum absolute atomic E-state index is 11.7. The lowest BCUT2D eigenvalue weighted by Crippen LogP contribution is -2.40. The van der Waals surface area contributed by atoms with E-state index < -0.39 is 6.04 Å². The van der Waals surface area contributed by atoms with E-state index in [9.17, 15) is 4.79 Å². The Bertz CT molecular complexity index is 434. The van der Waals surface area contributed by atoms with Gasteiger partial charge in [0.1, 0.15) is 0 Å². The van der Waals surface area contributed by atoms with Crippen LogP contribution in [-0.4, -0.2) is 27.5 Å². The van der Waals surface area contributed by atoms with Gasteiger partial charge in [-0.25, -0.2) is 9.98 Å². The monoisotopic (exact) mass is 221 g/mol. The van der Waals surface area contributed by atoms with Crippen molar-refractivity contribution in [1.82, 2.24) is 20.2 Å². The molecule has 1 aromatic rings. The van der Waals surface area contributed by atoms with E-state index in [1.165, 1.54) is 0 Å². The summed E-state index contributed by atoms with van der Waals surface area (Å²) in [6.07, 6.45) is 3.32. The zero-order valence-corrected chi connectivity index (χ0v) is 9.56. The molecule has 0 bridgehead atoms. The third-order valence-corrected chi connectivity index (χ3v) is 2.31. The number of rotatable bonds is 2. The fourth-order valence-electron chi connectivity index (χ4n) is 1.58. The van der Waals surface area contributed by atoms with Crippen molar-refractivity contribution in [2.24, 2.45) is 12.0 Å². The molecule has 0 saturated heterocycles. The van der Waals surface area contributed by atoms with Crippen LogP contribution in [0, 0.1) is 0 Å². The SMILES string of the molecule is CC(C)NC1=NC(c2cncn2C)C(=O)N1. The Morgan fingerprint density at radius 1 is 1.56 bits per heavy atom. The molecular weight excluding hydrogens is 206 g/mol. The van der Waals surface area contributed by atoms with Crippen LogP contribution in [0.15, 0.2) is 17.5 Å². The van der Waals surface area contributed by atoms with Crippen molar-refractivity contribution in [1.29, 1.82) is 0 Å². The second-order valence-electron chi connectivity index (χ2n) is 4.10. The van der Waals surface area contributed by atoms with E-state index in [1.807, 2.05) is 20.9 Å². The number of carbonyl (C=O) groups is 1. The van der Waals surface area contributed by atoms with Crippen molar-refractivity contribution in [3.63, 3.8) is 0 Å². The number of hydrogen-bond donors (Lipinski definition) is 2. The standard InChI is InChI=1S/C10H15N5O/c1-6(2)12-10-13-8(9(16)14-10)7-4-11-5-15(7)3/h4-6,8H,1-3H3,(H2,12,13,14,16). The van der Waals surface area contributed by atoms with Crippen LogP contribution >= 0.6 is 0 Å². The van der Waals surface area contributed by atoms with E-state index in [-0.39, 0.29) is 11.9 Å². The quantitative estimate of drug-likeness (QED) is 0.735. The number of guanidine groups is 1. The van der Waals surface area contributed by atoms with Crippen molar-refractivity contribution < 1.29 is 4.79 Å². The summed E-state index contributed by atoms with van der Waals surface area (Å²) in [7, 11) is 1.85.